The van der Waals surface area contributed by atoms with Crippen LogP contribution < -0.4 is 0 Å². The van der Waals surface area contributed by atoms with Gasteiger partial charge in [-0.2, -0.15) is 0 Å². The third kappa shape index (κ3) is 3.56. The number of hydrogen-bond acceptors (Lipinski definition) is 6. The Kier molecular flexibility index (Phi) is 5.97. The van der Waals surface area contributed by atoms with Crippen LogP contribution in [0.4, 0.5) is 0 Å². The molecule has 1 heterocycles. The summed E-state index contributed by atoms with van der Waals surface area (Å²) < 4.78 is 12.0. The van der Waals surface area contributed by atoms with Crippen LogP contribution in [-0.2, 0) is 28.7 Å². The van der Waals surface area contributed by atoms with E-state index in [0.29, 0.717) is 25.7 Å². The van der Waals surface area contributed by atoms with Gasteiger partial charge in [-0.25, -0.2) is 0 Å². The van der Waals surface area contributed by atoms with Gasteiger partial charge in [0.2, 0.25) is 0 Å². The largest absolute Gasteiger partial charge is 0.481 e. The number of allylic oxidation sites excluding steroid dienone is 2. The minimum absolute atomic E-state index is 0.0112. The maximum absolute atomic E-state index is 14.5. The van der Waals surface area contributed by atoms with E-state index in [1.165, 1.54) is 5.57 Å². The van der Waals surface area contributed by atoms with Gasteiger partial charge in [0.1, 0.15) is 0 Å². The van der Waals surface area contributed by atoms with Gasteiger partial charge in [0, 0.05) is 17.8 Å². The lowest BCUT2D eigenvalue weighted by atomic mass is 9.33. The lowest BCUT2D eigenvalue weighted by Gasteiger charge is -2.71. The Morgan fingerprint density at radius 3 is 2.05 bits per heavy atom. The first-order valence-corrected chi connectivity index (χ1v) is 15.8. The Morgan fingerprint density at radius 1 is 0.829 bits per heavy atom. The van der Waals surface area contributed by atoms with Gasteiger partial charge in [0.05, 0.1) is 18.3 Å². The molecule has 1 aliphatic heterocycles. The SMILES string of the molecule is CC1(C)C2CC[C@]3(C)[C@H](C(=O)C=C4[C@H]5C[C@@](C)(C(=O)O)CC[C@]5(C)CC[C@]43C)[C@@]2(C)CCC12OC(=O)CCC(=O)O2. The van der Waals surface area contributed by atoms with E-state index in [2.05, 4.69) is 41.5 Å². The third-order valence-electron chi connectivity index (χ3n) is 14.3. The van der Waals surface area contributed by atoms with Gasteiger partial charge >= 0.3 is 17.9 Å². The van der Waals surface area contributed by atoms with Crippen LogP contribution in [-0.4, -0.2) is 34.6 Å². The molecule has 1 saturated heterocycles. The summed E-state index contributed by atoms with van der Waals surface area (Å²) in [4.78, 5) is 52.2. The molecule has 1 unspecified atom stereocenters. The Bertz CT molecular complexity index is 1250. The molecule has 0 bridgehead atoms. The van der Waals surface area contributed by atoms with Crippen molar-refractivity contribution in [2.45, 2.75) is 125 Å². The monoisotopic (exact) mass is 568 g/mol. The molecule has 5 aliphatic carbocycles. The first-order chi connectivity index (χ1) is 18.9. The highest BCUT2D eigenvalue weighted by atomic mass is 16.7. The average molecular weight is 569 g/mol. The zero-order valence-electron chi connectivity index (χ0n) is 26.0. The maximum atomic E-state index is 14.5. The molecule has 7 heteroatoms. The summed E-state index contributed by atoms with van der Waals surface area (Å²) in [6, 6.07) is 0. The van der Waals surface area contributed by atoms with E-state index in [1.54, 1.807) is 0 Å². The van der Waals surface area contributed by atoms with Crippen molar-refractivity contribution in [3.05, 3.63) is 11.6 Å². The number of carboxylic acids is 1. The van der Waals surface area contributed by atoms with Crippen molar-refractivity contribution in [1.29, 1.82) is 0 Å². The van der Waals surface area contributed by atoms with E-state index >= 15 is 0 Å². The van der Waals surface area contributed by atoms with Gasteiger partial charge in [-0.3, -0.25) is 19.2 Å². The number of ether oxygens (including phenoxy) is 2. The second kappa shape index (κ2) is 8.47. The van der Waals surface area contributed by atoms with Crippen molar-refractivity contribution < 1.29 is 33.8 Å². The quantitative estimate of drug-likeness (QED) is 0.354. The molecule has 1 N–H and O–H groups in total. The van der Waals surface area contributed by atoms with E-state index < -0.39 is 34.5 Å². The van der Waals surface area contributed by atoms with Crippen LogP contribution in [0.5, 0.6) is 0 Å². The van der Waals surface area contributed by atoms with E-state index in [0.717, 1.165) is 32.1 Å². The van der Waals surface area contributed by atoms with Crippen LogP contribution in [0.3, 0.4) is 0 Å². The first kappa shape index (κ1) is 28.9. The molecule has 41 heavy (non-hydrogen) atoms. The van der Waals surface area contributed by atoms with Crippen LogP contribution in [0.25, 0.3) is 0 Å². The van der Waals surface area contributed by atoms with Crippen LogP contribution in [0, 0.1) is 50.2 Å². The van der Waals surface area contributed by atoms with Crippen LogP contribution >= 0.6 is 0 Å². The van der Waals surface area contributed by atoms with Crippen molar-refractivity contribution in [1.82, 2.24) is 0 Å². The average Bonchev–Trinajstić information content (AvgIpc) is 3.02. The van der Waals surface area contributed by atoms with Crippen molar-refractivity contribution in [3.63, 3.8) is 0 Å². The Hall–Kier alpha value is -2.18. The molecule has 6 aliphatic rings. The molecule has 0 radical (unpaired) electrons. The highest BCUT2D eigenvalue weighted by molar-refractivity contribution is 5.95. The van der Waals surface area contributed by atoms with Gasteiger partial charge in [0.15, 0.2) is 5.78 Å². The highest BCUT2D eigenvalue weighted by Crippen LogP contribution is 2.76. The molecular formula is C34H48O7. The van der Waals surface area contributed by atoms with E-state index in [1.807, 2.05) is 13.0 Å². The number of hydrogen-bond donors (Lipinski definition) is 1. The fraction of sp³-hybridized carbons (Fsp3) is 0.824. The minimum atomic E-state index is -1.31. The molecule has 0 aromatic carbocycles. The maximum Gasteiger partial charge on any atom is 0.309 e. The second-order valence-corrected chi connectivity index (χ2v) is 16.5. The zero-order valence-corrected chi connectivity index (χ0v) is 26.0. The summed E-state index contributed by atoms with van der Waals surface area (Å²) in [6.45, 7) is 15.3. The molecule has 0 aromatic heterocycles. The van der Waals surface area contributed by atoms with Gasteiger partial charge in [-0.1, -0.05) is 47.1 Å². The van der Waals surface area contributed by atoms with Gasteiger partial charge in [0.25, 0.3) is 5.79 Å². The number of fused-ring (bicyclic) bond motifs is 7. The number of carbonyl (C=O) groups is 4. The molecule has 226 valence electrons. The first-order valence-electron chi connectivity index (χ1n) is 15.8. The van der Waals surface area contributed by atoms with E-state index in [-0.39, 0.29) is 58.0 Å². The molecule has 7 nitrogen and oxygen atoms in total. The Balaban J connectivity index is 1.42. The number of ketones is 1. The summed E-state index contributed by atoms with van der Waals surface area (Å²) in [7, 11) is 0. The highest BCUT2D eigenvalue weighted by Gasteiger charge is 2.73. The van der Waals surface area contributed by atoms with Gasteiger partial charge in [-0.15, -0.1) is 0 Å². The number of carboxylic acid groups (broad SMARTS) is 1. The fourth-order valence-electron chi connectivity index (χ4n) is 11.4. The van der Waals surface area contributed by atoms with Crippen molar-refractivity contribution in [3.8, 4) is 0 Å². The summed E-state index contributed by atoms with van der Waals surface area (Å²) in [5, 5.41) is 10.1. The smallest absolute Gasteiger partial charge is 0.309 e. The summed E-state index contributed by atoms with van der Waals surface area (Å²) in [5.41, 5.74) is -1.09. The van der Waals surface area contributed by atoms with E-state index in [4.69, 9.17) is 9.47 Å². The molecule has 5 fully saturated rings. The number of aliphatic carboxylic acids is 1. The molecule has 6 rings (SSSR count). The van der Waals surface area contributed by atoms with Crippen LogP contribution in [0.2, 0.25) is 0 Å². The van der Waals surface area contributed by atoms with Crippen molar-refractivity contribution in [2.24, 2.45) is 50.2 Å². The second-order valence-electron chi connectivity index (χ2n) is 16.5. The van der Waals surface area contributed by atoms with Crippen molar-refractivity contribution in [2.75, 3.05) is 0 Å². The third-order valence-corrected chi connectivity index (χ3v) is 14.3. The predicted molar refractivity (Wildman–Crippen MR) is 151 cm³/mol. The molecule has 1 spiro atoms. The number of carbonyl (C=O) groups excluding carboxylic acids is 3. The molecule has 4 saturated carbocycles. The lowest BCUT2D eigenvalue weighted by molar-refractivity contribution is -0.316. The predicted octanol–water partition coefficient (Wildman–Crippen LogP) is 6.63. The van der Waals surface area contributed by atoms with E-state index in [9.17, 15) is 24.3 Å². The zero-order chi connectivity index (χ0) is 30.0. The van der Waals surface area contributed by atoms with Gasteiger partial charge < -0.3 is 14.6 Å². The number of rotatable bonds is 1. The van der Waals surface area contributed by atoms with Crippen LogP contribution in [0.15, 0.2) is 11.6 Å². The standard InChI is InChI=1S/C34H48O7/c1-28(2)23-10-11-33(7)26(31(23,5)15-17-34(28)40-24(36)8-9-25(37)41-34)22(35)18-20-21-19-30(4,27(38)39)13-12-29(21,3)14-16-32(20,33)6/h18,21,23,26H,8-17,19H2,1-7H3,(H,38,39)/t21-,23?,26-,29-,30+,31+,32-,33-/m1/s1. The molecule has 8 atom stereocenters. The van der Waals surface area contributed by atoms with Gasteiger partial charge in [-0.05, 0) is 97.9 Å². The Labute approximate surface area is 244 Å². The Morgan fingerprint density at radius 2 is 1.44 bits per heavy atom. The lowest BCUT2D eigenvalue weighted by Crippen LogP contribution is -2.69. The molecule has 0 aromatic rings. The fourth-order valence-corrected chi connectivity index (χ4v) is 11.4. The summed E-state index contributed by atoms with van der Waals surface area (Å²) in [6.07, 6.45) is 8.90. The van der Waals surface area contributed by atoms with Crippen molar-refractivity contribution >= 4 is 23.7 Å². The van der Waals surface area contributed by atoms with Crippen LogP contribution in [0.1, 0.15) is 119 Å². The summed E-state index contributed by atoms with van der Waals surface area (Å²) >= 11 is 0. The minimum Gasteiger partial charge on any atom is -0.481 e. The number of esters is 2. The molecule has 0 amide bonds. The normalized spacial score (nSPS) is 48.3. The summed E-state index contributed by atoms with van der Waals surface area (Å²) in [5.74, 6) is -2.78. The topological polar surface area (TPSA) is 107 Å². The molecular weight excluding hydrogens is 520 g/mol.